The molecule has 20 heavy (non-hydrogen) atoms. The molecule has 0 saturated carbocycles. The third kappa shape index (κ3) is 3.28. The van der Waals surface area contributed by atoms with Gasteiger partial charge in [-0.1, -0.05) is 36.8 Å². The van der Waals surface area contributed by atoms with Gasteiger partial charge in [0, 0.05) is 44.2 Å². The van der Waals surface area contributed by atoms with Crippen LogP contribution < -0.4 is 0 Å². The molecule has 3 heteroatoms. The van der Waals surface area contributed by atoms with Gasteiger partial charge in [0.1, 0.15) is 0 Å². The maximum Gasteiger partial charge on any atom is 0.164 e. The Balaban J connectivity index is 1.48. The van der Waals surface area contributed by atoms with Gasteiger partial charge < -0.3 is 4.90 Å². The van der Waals surface area contributed by atoms with Crippen molar-refractivity contribution in [2.24, 2.45) is 0 Å². The first-order valence-electron chi connectivity index (χ1n) is 7.87. The van der Waals surface area contributed by atoms with E-state index in [-0.39, 0.29) is 5.78 Å². The molecule has 0 aliphatic carbocycles. The molecule has 3 rings (SSSR count). The summed E-state index contributed by atoms with van der Waals surface area (Å²) < 4.78 is 0. The number of nitrogens with zero attached hydrogens (tertiary/aromatic N) is 2. The van der Waals surface area contributed by atoms with Gasteiger partial charge >= 0.3 is 0 Å². The molecule has 1 aromatic rings. The normalized spacial score (nSPS) is 24.3. The topological polar surface area (TPSA) is 23.6 Å². The summed E-state index contributed by atoms with van der Waals surface area (Å²) in [5.41, 5.74) is 0.851. The summed E-state index contributed by atoms with van der Waals surface area (Å²) in [4.78, 5) is 17.3. The molecule has 0 amide bonds. The second-order valence-corrected chi connectivity index (χ2v) is 6.03. The number of fused-ring (bicyclic) bond motifs is 1. The average molecular weight is 272 g/mol. The third-order valence-corrected chi connectivity index (χ3v) is 4.67. The van der Waals surface area contributed by atoms with Crippen LogP contribution >= 0.6 is 0 Å². The summed E-state index contributed by atoms with van der Waals surface area (Å²) in [5.74, 6) is 0.275. The minimum Gasteiger partial charge on any atom is -0.300 e. The molecule has 2 saturated heterocycles. The van der Waals surface area contributed by atoms with Crippen molar-refractivity contribution < 1.29 is 4.79 Å². The van der Waals surface area contributed by atoms with Crippen molar-refractivity contribution >= 4 is 5.78 Å². The van der Waals surface area contributed by atoms with Crippen LogP contribution in [-0.4, -0.2) is 54.3 Å². The van der Waals surface area contributed by atoms with Crippen LogP contribution in [0.4, 0.5) is 0 Å². The minimum absolute atomic E-state index is 0.275. The van der Waals surface area contributed by atoms with Crippen molar-refractivity contribution in [3.8, 4) is 0 Å². The predicted octanol–water partition coefficient (Wildman–Crippen LogP) is 2.43. The zero-order chi connectivity index (χ0) is 13.8. The van der Waals surface area contributed by atoms with E-state index in [1.807, 2.05) is 30.3 Å². The van der Waals surface area contributed by atoms with Crippen LogP contribution in [0, 0.1) is 0 Å². The highest BCUT2D eigenvalue weighted by Gasteiger charge is 2.28. The van der Waals surface area contributed by atoms with E-state index in [1.165, 1.54) is 32.4 Å². The number of hydrogen-bond acceptors (Lipinski definition) is 3. The number of rotatable bonds is 4. The second kappa shape index (κ2) is 6.51. The largest absolute Gasteiger partial charge is 0.300 e. The first-order chi connectivity index (χ1) is 9.83. The number of carbonyl (C=O) groups excluding carboxylic acids is 1. The van der Waals surface area contributed by atoms with E-state index < -0.39 is 0 Å². The number of hydrogen-bond donors (Lipinski definition) is 0. The highest BCUT2D eigenvalue weighted by molar-refractivity contribution is 5.96. The van der Waals surface area contributed by atoms with Gasteiger partial charge in [-0.25, -0.2) is 0 Å². The van der Waals surface area contributed by atoms with E-state index in [1.54, 1.807) is 0 Å². The fourth-order valence-electron chi connectivity index (χ4n) is 3.45. The molecule has 0 aromatic heterocycles. The smallest absolute Gasteiger partial charge is 0.164 e. The van der Waals surface area contributed by atoms with E-state index in [2.05, 4.69) is 9.80 Å². The van der Waals surface area contributed by atoms with Crippen molar-refractivity contribution in [1.82, 2.24) is 9.80 Å². The Hall–Kier alpha value is -1.19. The van der Waals surface area contributed by atoms with Crippen LogP contribution in [0.5, 0.6) is 0 Å². The van der Waals surface area contributed by atoms with E-state index in [0.717, 1.165) is 31.2 Å². The number of piperidine rings is 1. The van der Waals surface area contributed by atoms with E-state index in [9.17, 15) is 4.79 Å². The number of carbonyl (C=O) groups is 1. The fourth-order valence-corrected chi connectivity index (χ4v) is 3.45. The lowest BCUT2D eigenvalue weighted by molar-refractivity contribution is 0.0480. The molecule has 108 valence electrons. The molecular weight excluding hydrogens is 248 g/mol. The molecule has 0 radical (unpaired) electrons. The Kier molecular flexibility index (Phi) is 4.48. The predicted molar refractivity (Wildman–Crippen MR) is 81.0 cm³/mol. The molecule has 0 spiro atoms. The Morgan fingerprint density at radius 2 is 1.95 bits per heavy atom. The fraction of sp³-hybridized carbons (Fsp3) is 0.588. The third-order valence-electron chi connectivity index (χ3n) is 4.67. The molecule has 0 bridgehead atoms. The lowest BCUT2D eigenvalue weighted by Crippen LogP contribution is -2.54. The van der Waals surface area contributed by atoms with E-state index >= 15 is 0 Å². The summed E-state index contributed by atoms with van der Waals surface area (Å²) in [5, 5.41) is 0. The highest BCUT2D eigenvalue weighted by Crippen LogP contribution is 2.21. The summed E-state index contributed by atoms with van der Waals surface area (Å²) >= 11 is 0. The van der Waals surface area contributed by atoms with Crippen molar-refractivity contribution in [1.29, 1.82) is 0 Å². The molecule has 2 heterocycles. The Labute approximate surface area is 121 Å². The second-order valence-electron chi connectivity index (χ2n) is 6.03. The van der Waals surface area contributed by atoms with Crippen LogP contribution in [0.25, 0.3) is 0 Å². The summed E-state index contributed by atoms with van der Waals surface area (Å²) in [6.45, 7) is 5.66. The van der Waals surface area contributed by atoms with Crippen molar-refractivity contribution in [2.75, 3.05) is 32.7 Å². The molecule has 1 aromatic carbocycles. The monoisotopic (exact) mass is 272 g/mol. The van der Waals surface area contributed by atoms with Gasteiger partial charge in [-0.3, -0.25) is 9.69 Å². The van der Waals surface area contributed by atoms with E-state index in [0.29, 0.717) is 6.42 Å². The van der Waals surface area contributed by atoms with Gasteiger partial charge in [0.2, 0.25) is 0 Å². The van der Waals surface area contributed by atoms with Crippen LogP contribution in [0.2, 0.25) is 0 Å². The number of ketones is 1. The summed E-state index contributed by atoms with van der Waals surface area (Å²) in [6.07, 6.45) is 4.72. The zero-order valence-electron chi connectivity index (χ0n) is 12.1. The molecule has 2 aliphatic heterocycles. The standard InChI is InChI=1S/C17H24N2O/c20-17(15-6-2-1-3-7-15)9-11-18-12-13-19-10-5-4-8-16(19)14-18/h1-3,6-7,16H,4-5,8-14H2. The number of Topliss-reactive ketones (excluding diaryl/α,β-unsaturated/α-hetero) is 1. The van der Waals surface area contributed by atoms with Crippen LogP contribution in [0.3, 0.4) is 0 Å². The maximum absolute atomic E-state index is 12.1. The van der Waals surface area contributed by atoms with Gasteiger partial charge in [-0.15, -0.1) is 0 Å². The Morgan fingerprint density at radius 3 is 2.80 bits per heavy atom. The number of piperazine rings is 1. The highest BCUT2D eigenvalue weighted by atomic mass is 16.1. The molecule has 2 fully saturated rings. The van der Waals surface area contributed by atoms with Gasteiger partial charge in [0.25, 0.3) is 0 Å². The molecule has 3 nitrogen and oxygen atoms in total. The lowest BCUT2D eigenvalue weighted by atomic mass is 9.99. The number of benzene rings is 1. The molecule has 1 atom stereocenters. The van der Waals surface area contributed by atoms with Crippen LogP contribution in [0.1, 0.15) is 36.0 Å². The molecule has 0 N–H and O–H groups in total. The van der Waals surface area contributed by atoms with Crippen LogP contribution in [-0.2, 0) is 0 Å². The molecular formula is C17H24N2O. The molecule has 2 aliphatic rings. The molecule has 1 unspecified atom stereocenters. The van der Waals surface area contributed by atoms with Gasteiger partial charge in [0.15, 0.2) is 5.78 Å². The Morgan fingerprint density at radius 1 is 1.10 bits per heavy atom. The van der Waals surface area contributed by atoms with Crippen molar-refractivity contribution in [2.45, 2.75) is 31.7 Å². The Bertz CT molecular complexity index is 446. The van der Waals surface area contributed by atoms with Gasteiger partial charge in [-0.2, -0.15) is 0 Å². The average Bonchev–Trinajstić information content (AvgIpc) is 2.53. The van der Waals surface area contributed by atoms with E-state index in [4.69, 9.17) is 0 Å². The minimum atomic E-state index is 0.275. The van der Waals surface area contributed by atoms with Crippen LogP contribution in [0.15, 0.2) is 30.3 Å². The van der Waals surface area contributed by atoms with Crippen molar-refractivity contribution in [3.63, 3.8) is 0 Å². The SMILES string of the molecule is O=C(CCN1CCN2CCCCC2C1)c1ccccc1. The maximum atomic E-state index is 12.1. The van der Waals surface area contributed by atoms with Crippen molar-refractivity contribution in [3.05, 3.63) is 35.9 Å². The first-order valence-corrected chi connectivity index (χ1v) is 7.87. The lowest BCUT2D eigenvalue weighted by Gasteiger charge is -2.44. The zero-order valence-corrected chi connectivity index (χ0v) is 12.1. The summed E-state index contributed by atoms with van der Waals surface area (Å²) in [7, 11) is 0. The quantitative estimate of drug-likeness (QED) is 0.787. The first kappa shape index (κ1) is 13.8. The van der Waals surface area contributed by atoms with Gasteiger partial charge in [0.05, 0.1) is 0 Å². The summed E-state index contributed by atoms with van der Waals surface area (Å²) in [6, 6.07) is 10.4. The van der Waals surface area contributed by atoms with Gasteiger partial charge in [-0.05, 0) is 19.4 Å².